The Bertz CT molecular complexity index is 789. The van der Waals surface area contributed by atoms with Gasteiger partial charge in [-0.05, 0) is 30.3 Å². The van der Waals surface area contributed by atoms with E-state index in [9.17, 15) is 14.4 Å². The summed E-state index contributed by atoms with van der Waals surface area (Å²) in [6.45, 7) is -0.457. The number of esters is 1. The topological polar surface area (TPSA) is 93.7 Å². The summed E-state index contributed by atoms with van der Waals surface area (Å²) in [5.41, 5.74) is 1.07. The number of nitrogens with one attached hydrogen (secondary N) is 2. The predicted octanol–water partition coefficient (Wildman–Crippen LogP) is 1.85. The van der Waals surface area contributed by atoms with E-state index in [1.807, 2.05) is 0 Å². The van der Waals surface area contributed by atoms with E-state index >= 15 is 0 Å². The van der Waals surface area contributed by atoms with E-state index in [2.05, 4.69) is 10.6 Å². The zero-order valence-corrected chi connectivity index (χ0v) is 13.9. The van der Waals surface area contributed by atoms with Crippen molar-refractivity contribution in [1.29, 1.82) is 0 Å². The van der Waals surface area contributed by atoms with Gasteiger partial charge in [-0.25, -0.2) is 4.79 Å². The van der Waals surface area contributed by atoms with Crippen LogP contribution in [0.3, 0.4) is 0 Å². The van der Waals surface area contributed by atoms with Gasteiger partial charge in [-0.3, -0.25) is 9.59 Å². The van der Waals surface area contributed by atoms with Crippen LogP contribution in [0, 0.1) is 0 Å². The minimum Gasteiger partial charge on any atom is -0.496 e. The van der Waals surface area contributed by atoms with Crippen molar-refractivity contribution in [3.05, 3.63) is 59.7 Å². The molecule has 25 heavy (non-hydrogen) atoms. The Kier molecular flexibility index (Phi) is 6.11. The fraction of sp³-hybridized carbons (Fsp3) is 0.167. The highest BCUT2D eigenvalue weighted by Gasteiger charge is 2.15. The molecule has 7 nitrogen and oxygen atoms in total. The number of para-hydroxylation sites is 1. The van der Waals surface area contributed by atoms with Crippen LogP contribution >= 0.6 is 0 Å². The van der Waals surface area contributed by atoms with Crippen molar-refractivity contribution in [3.8, 4) is 5.75 Å². The Labute approximate surface area is 144 Å². The molecule has 0 aromatic heterocycles. The van der Waals surface area contributed by atoms with Crippen molar-refractivity contribution in [2.45, 2.75) is 0 Å². The molecule has 2 amide bonds. The molecule has 0 bridgehead atoms. The molecule has 2 aromatic rings. The number of rotatable bonds is 6. The number of methoxy groups -OCH3 is 1. The maximum absolute atomic E-state index is 12.0. The highest BCUT2D eigenvalue weighted by molar-refractivity contribution is 5.98. The second-order valence-electron chi connectivity index (χ2n) is 4.98. The van der Waals surface area contributed by atoms with Crippen molar-refractivity contribution in [2.24, 2.45) is 0 Å². The molecule has 0 saturated carbocycles. The number of hydrogen-bond acceptors (Lipinski definition) is 5. The Balaban J connectivity index is 1.95. The first-order chi connectivity index (χ1) is 12.0. The minimum absolute atomic E-state index is 0.236. The molecule has 2 aromatic carbocycles. The molecule has 7 heteroatoms. The molecular formula is C18H18N2O5. The Morgan fingerprint density at radius 3 is 2.52 bits per heavy atom. The standard InChI is InChI=1S/C18H18N2O5/c1-19-17(22)12-6-5-7-13(10-12)20-16(21)11-25-18(23)14-8-3-4-9-15(14)24-2/h3-10H,11H2,1-2H3,(H,19,22)(H,20,21). The fourth-order valence-corrected chi connectivity index (χ4v) is 2.10. The summed E-state index contributed by atoms with van der Waals surface area (Å²) in [5.74, 6) is -1.08. The Hall–Kier alpha value is -3.35. The van der Waals surface area contributed by atoms with E-state index in [0.717, 1.165) is 0 Å². The second-order valence-corrected chi connectivity index (χ2v) is 4.98. The monoisotopic (exact) mass is 342 g/mol. The fourth-order valence-electron chi connectivity index (χ4n) is 2.10. The van der Waals surface area contributed by atoms with Crippen molar-refractivity contribution < 1.29 is 23.9 Å². The summed E-state index contributed by atoms with van der Waals surface area (Å²) < 4.78 is 10.1. The number of amides is 2. The van der Waals surface area contributed by atoms with Crippen molar-refractivity contribution in [1.82, 2.24) is 5.32 Å². The average Bonchev–Trinajstić information content (AvgIpc) is 2.65. The summed E-state index contributed by atoms with van der Waals surface area (Å²) in [5, 5.41) is 5.07. The van der Waals surface area contributed by atoms with Crippen molar-refractivity contribution in [2.75, 3.05) is 26.1 Å². The molecule has 0 saturated heterocycles. The number of anilines is 1. The van der Waals surface area contributed by atoms with Crippen molar-refractivity contribution >= 4 is 23.5 Å². The van der Waals surface area contributed by atoms with E-state index in [-0.39, 0.29) is 11.5 Å². The van der Waals surface area contributed by atoms with Crippen LogP contribution in [-0.4, -0.2) is 38.5 Å². The summed E-state index contributed by atoms with van der Waals surface area (Å²) in [6.07, 6.45) is 0. The third kappa shape index (κ3) is 4.81. The molecule has 0 aliphatic carbocycles. The summed E-state index contributed by atoms with van der Waals surface area (Å²) in [6, 6.07) is 13.0. The normalized spacial score (nSPS) is 9.84. The maximum atomic E-state index is 12.0. The molecule has 0 atom stereocenters. The first-order valence-electron chi connectivity index (χ1n) is 7.47. The third-order valence-corrected chi connectivity index (χ3v) is 3.30. The van der Waals surface area contributed by atoms with Gasteiger partial charge in [0, 0.05) is 18.3 Å². The molecule has 0 fully saturated rings. The minimum atomic E-state index is -0.660. The van der Waals surface area contributed by atoms with Crippen LogP contribution in [-0.2, 0) is 9.53 Å². The lowest BCUT2D eigenvalue weighted by Crippen LogP contribution is -2.22. The summed E-state index contributed by atoms with van der Waals surface area (Å²) >= 11 is 0. The molecule has 0 aliphatic heterocycles. The molecule has 0 radical (unpaired) electrons. The number of hydrogen-bond donors (Lipinski definition) is 2. The van der Waals surface area contributed by atoms with E-state index < -0.39 is 18.5 Å². The molecule has 2 N–H and O–H groups in total. The van der Waals surface area contributed by atoms with Gasteiger partial charge in [-0.2, -0.15) is 0 Å². The molecule has 0 heterocycles. The van der Waals surface area contributed by atoms with Crippen LogP contribution < -0.4 is 15.4 Å². The van der Waals surface area contributed by atoms with Gasteiger partial charge >= 0.3 is 5.97 Å². The first kappa shape index (κ1) is 18.0. The number of benzene rings is 2. The van der Waals surface area contributed by atoms with Gasteiger partial charge in [0.2, 0.25) is 0 Å². The lowest BCUT2D eigenvalue weighted by atomic mass is 10.2. The summed E-state index contributed by atoms with van der Waals surface area (Å²) in [4.78, 5) is 35.5. The first-order valence-corrected chi connectivity index (χ1v) is 7.47. The van der Waals surface area contributed by atoms with Gasteiger partial charge in [-0.1, -0.05) is 18.2 Å². The molecule has 0 spiro atoms. The zero-order valence-electron chi connectivity index (χ0n) is 13.9. The van der Waals surface area contributed by atoms with Gasteiger partial charge in [-0.15, -0.1) is 0 Å². The van der Waals surface area contributed by atoms with Crippen molar-refractivity contribution in [3.63, 3.8) is 0 Å². The molecule has 130 valence electrons. The second kappa shape index (κ2) is 8.49. The Morgan fingerprint density at radius 1 is 1.04 bits per heavy atom. The van der Waals surface area contributed by atoms with Crippen LogP contribution in [0.5, 0.6) is 5.75 Å². The maximum Gasteiger partial charge on any atom is 0.342 e. The van der Waals surface area contributed by atoms with E-state index in [1.54, 1.807) is 42.5 Å². The summed E-state index contributed by atoms with van der Waals surface area (Å²) in [7, 11) is 2.96. The number of ether oxygens (including phenoxy) is 2. The predicted molar refractivity (Wildman–Crippen MR) is 91.7 cm³/mol. The Morgan fingerprint density at radius 2 is 1.80 bits per heavy atom. The molecular weight excluding hydrogens is 324 g/mol. The lowest BCUT2D eigenvalue weighted by molar-refractivity contribution is -0.119. The van der Waals surface area contributed by atoms with E-state index in [4.69, 9.17) is 9.47 Å². The van der Waals surface area contributed by atoms with E-state index in [1.165, 1.54) is 20.2 Å². The molecule has 0 aliphatic rings. The number of carbonyl (C=O) groups is 3. The quantitative estimate of drug-likeness (QED) is 0.782. The van der Waals surface area contributed by atoms with Gasteiger partial charge in [0.1, 0.15) is 11.3 Å². The lowest BCUT2D eigenvalue weighted by Gasteiger charge is -2.09. The SMILES string of the molecule is CNC(=O)c1cccc(NC(=O)COC(=O)c2ccccc2OC)c1. The molecule has 2 rings (SSSR count). The van der Waals surface area contributed by atoms with Gasteiger partial charge in [0.15, 0.2) is 6.61 Å². The largest absolute Gasteiger partial charge is 0.496 e. The highest BCUT2D eigenvalue weighted by Crippen LogP contribution is 2.18. The third-order valence-electron chi connectivity index (χ3n) is 3.30. The smallest absolute Gasteiger partial charge is 0.342 e. The van der Waals surface area contributed by atoms with Crippen LogP contribution in [0.2, 0.25) is 0 Å². The van der Waals surface area contributed by atoms with Crippen LogP contribution in [0.25, 0.3) is 0 Å². The van der Waals surface area contributed by atoms with Crippen LogP contribution in [0.4, 0.5) is 5.69 Å². The van der Waals surface area contributed by atoms with Crippen LogP contribution in [0.15, 0.2) is 48.5 Å². The van der Waals surface area contributed by atoms with Gasteiger partial charge in [0.25, 0.3) is 11.8 Å². The number of carbonyl (C=O) groups excluding carboxylic acids is 3. The zero-order chi connectivity index (χ0) is 18.2. The molecule has 0 unspecified atom stereocenters. The van der Waals surface area contributed by atoms with Gasteiger partial charge < -0.3 is 20.1 Å². The van der Waals surface area contributed by atoms with Gasteiger partial charge in [0.05, 0.1) is 7.11 Å². The van der Waals surface area contributed by atoms with Crippen LogP contribution in [0.1, 0.15) is 20.7 Å². The average molecular weight is 342 g/mol. The highest BCUT2D eigenvalue weighted by atomic mass is 16.5. The van der Waals surface area contributed by atoms with E-state index in [0.29, 0.717) is 17.0 Å².